The Balaban J connectivity index is 0.00000225. The molecule has 0 heterocycles. The normalized spacial score (nSPS) is 10.8. The third-order valence-electron chi connectivity index (χ3n) is 1.82. The van der Waals surface area contributed by atoms with Crippen LogP contribution in [0.15, 0.2) is 24.3 Å². The molecule has 0 spiro atoms. The highest BCUT2D eigenvalue weighted by atomic mass is 35.5. The highest BCUT2D eigenvalue weighted by molar-refractivity contribution is 6.30. The third-order valence-corrected chi connectivity index (χ3v) is 2.06. The molecular formula is C12H19Cl2NO. The SMILES string of the molecule is CC(C)(C)NCCOc1cccc(Cl)c1.Cl. The van der Waals surface area contributed by atoms with Crippen molar-refractivity contribution in [1.82, 2.24) is 5.32 Å². The Morgan fingerprint density at radius 3 is 2.56 bits per heavy atom. The molecule has 4 heteroatoms. The zero-order chi connectivity index (χ0) is 11.3. The van der Waals surface area contributed by atoms with Crippen molar-refractivity contribution in [3.8, 4) is 5.75 Å². The van der Waals surface area contributed by atoms with Crippen LogP contribution in [0.2, 0.25) is 5.02 Å². The summed E-state index contributed by atoms with van der Waals surface area (Å²) in [6, 6.07) is 7.44. The van der Waals surface area contributed by atoms with Gasteiger partial charge in [0.2, 0.25) is 0 Å². The van der Waals surface area contributed by atoms with E-state index < -0.39 is 0 Å². The Morgan fingerprint density at radius 2 is 2.00 bits per heavy atom. The topological polar surface area (TPSA) is 21.3 Å². The summed E-state index contributed by atoms with van der Waals surface area (Å²) < 4.78 is 5.54. The average molecular weight is 264 g/mol. The van der Waals surface area contributed by atoms with Crippen molar-refractivity contribution in [3.63, 3.8) is 0 Å². The summed E-state index contributed by atoms with van der Waals surface area (Å²) in [4.78, 5) is 0. The molecule has 0 saturated carbocycles. The van der Waals surface area contributed by atoms with Gasteiger partial charge in [0.05, 0.1) is 0 Å². The second kappa shape index (κ2) is 7.00. The van der Waals surface area contributed by atoms with Crippen LogP contribution in [-0.2, 0) is 0 Å². The highest BCUT2D eigenvalue weighted by Gasteiger charge is 2.07. The summed E-state index contributed by atoms with van der Waals surface area (Å²) in [5.41, 5.74) is 0.137. The van der Waals surface area contributed by atoms with E-state index >= 15 is 0 Å². The molecule has 0 saturated heterocycles. The fourth-order valence-electron chi connectivity index (χ4n) is 1.15. The zero-order valence-corrected chi connectivity index (χ0v) is 11.5. The molecular weight excluding hydrogens is 245 g/mol. The van der Waals surface area contributed by atoms with E-state index in [-0.39, 0.29) is 17.9 Å². The third kappa shape index (κ3) is 6.94. The van der Waals surface area contributed by atoms with Crippen LogP contribution in [0, 0.1) is 0 Å². The predicted molar refractivity (Wildman–Crippen MR) is 72.0 cm³/mol. The molecule has 0 aliphatic carbocycles. The van der Waals surface area contributed by atoms with Crippen LogP contribution in [0.5, 0.6) is 5.75 Å². The van der Waals surface area contributed by atoms with Crippen molar-refractivity contribution in [3.05, 3.63) is 29.3 Å². The molecule has 0 aliphatic heterocycles. The van der Waals surface area contributed by atoms with Crippen molar-refractivity contribution < 1.29 is 4.74 Å². The van der Waals surface area contributed by atoms with Gasteiger partial charge in [0.15, 0.2) is 0 Å². The minimum atomic E-state index is 0. The smallest absolute Gasteiger partial charge is 0.120 e. The summed E-state index contributed by atoms with van der Waals surface area (Å²) in [6.07, 6.45) is 0. The Hall–Kier alpha value is -0.440. The molecule has 16 heavy (non-hydrogen) atoms. The lowest BCUT2D eigenvalue weighted by Gasteiger charge is -2.20. The molecule has 0 aromatic heterocycles. The standard InChI is InChI=1S/C12H18ClNO.ClH/c1-12(2,3)14-7-8-15-11-6-4-5-10(13)9-11;/h4-6,9,14H,7-8H2,1-3H3;1H. The second-order valence-electron chi connectivity index (χ2n) is 4.48. The molecule has 0 bridgehead atoms. The van der Waals surface area contributed by atoms with E-state index in [9.17, 15) is 0 Å². The van der Waals surface area contributed by atoms with Crippen LogP contribution in [0.4, 0.5) is 0 Å². The molecule has 1 aromatic carbocycles. The van der Waals surface area contributed by atoms with E-state index in [1.807, 2.05) is 24.3 Å². The quantitative estimate of drug-likeness (QED) is 0.840. The second-order valence-corrected chi connectivity index (χ2v) is 4.92. The monoisotopic (exact) mass is 263 g/mol. The molecule has 1 rings (SSSR count). The molecule has 0 atom stereocenters. The Labute approximate surface area is 109 Å². The minimum absolute atomic E-state index is 0. The van der Waals surface area contributed by atoms with Crippen LogP contribution in [0.3, 0.4) is 0 Å². The van der Waals surface area contributed by atoms with Gasteiger partial charge in [0.1, 0.15) is 12.4 Å². The number of ether oxygens (including phenoxy) is 1. The van der Waals surface area contributed by atoms with Crippen LogP contribution in [0.1, 0.15) is 20.8 Å². The zero-order valence-electron chi connectivity index (χ0n) is 9.92. The molecule has 0 amide bonds. The van der Waals surface area contributed by atoms with E-state index in [0.717, 1.165) is 12.3 Å². The molecule has 2 nitrogen and oxygen atoms in total. The van der Waals surface area contributed by atoms with E-state index in [0.29, 0.717) is 11.6 Å². The molecule has 1 aromatic rings. The maximum Gasteiger partial charge on any atom is 0.120 e. The first-order valence-corrected chi connectivity index (χ1v) is 5.48. The molecule has 0 aliphatic rings. The Bertz CT molecular complexity index is 310. The first-order valence-electron chi connectivity index (χ1n) is 5.11. The maximum atomic E-state index is 5.83. The van der Waals surface area contributed by atoms with Gasteiger partial charge in [-0.3, -0.25) is 0 Å². The summed E-state index contributed by atoms with van der Waals surface area (Å²) in [6.45, 7) is 7.87. The van der Waals surface area contributed by atoms with E-state index in [1.54, 1.807) is 0 Å². The molecule has 1 N–H and O–H groups in total. The number of halogens is 2. The lowest BCUT2D eigenvalue weighted by Crippen LogP contribution is -2.38. The van der Waals surface area contributed by atoms with Gasteiger partial charge in [-0.1, -0.05) is 17.7 Å². The number of rotatable bonds is 4. The average Bonchev–Trinajstić information content (AvgIpc) is 2.11. The number of nitrogens with one attached hydrogen (secondary N) is 1. The van der Waals surface area contributed by atoms with Gasteiger partial charge >= 0.3 is 0 Å². The van der Waals surface area contributed by atoms with Crippen LogP contribution in [-0.4, -0.2) is 18.7 Å². The van der Waals surface area contributed by atoms with Gasteiger partial charge in [-0.25, -0.2) is 0 Å². The van der Waals surface area contributed by atoms with Gasteiger partial charge in [-0.2, -0.15) is 0 Å². The van der Waals surface area contributed by atoms with Crippen molar-refractivity contribution in [1.29, 1.82) is 0 Å². The fourth-order valence-corrected chi connectivity index (χ4v) is 1.33. The molecule has 92 valence electrons. The van der Waals surface area contributed by atoms with Gasteiger partial charge in [-0.05, 0) is 39.0 Å². The van der Waals surface area contributed by atoms with Gasteiger partial charge in [0.25, 0.3) is 0 Å². The van der Waals surface area contributed by atoms with Gasteiger partial charge in [-0.15, -0.1) is 12.4 Å². The van der Waals surface area contributed by atoms with E-state index in [1.165, 1.54) is 0 Å². The summed E-state index contributed by atoms with van der Waals surface area (Å²) in [5, 5.41) is 4.05. The number of benzene rings is 1. The predicted octanol–water partition coefficient (Wildman–Crippen LogP) is 3.53. The molecule has 0 unspecified atom stereocenters. The van der Waals surface area contributed by atoms with Crippen LogP contribution >= 0.6 is 24.0 Å². The lowest BCUT2D eigenvalue weighted by atomic mass is 10.1. The van der Waals surface area contributed by atoms with Crippen LogP contribution < -0.4 is 10.1 Å². The van der Waals surface area contributed by atoms with E-state index in [2.05, 4.69) is 26.1 Å². The van der Waals surface area contributed by atoms with Gasteiger partial charge < -0.3 is 10.1 Å². The maximum absolute atomic E-state index is 5.83. The summed E-state index contributed by atoms with van der Waals surface area (Å²) in [7, 11) is 0. The molecule has 0 fully saturated rings. The fraction of sp³-hybridized carbons (Fsp3) is 0.500. The Kier molecular flexibility index (Phi) is 6.81. The van der Waals surface area contributed by atoms with E-state index in [4.69, 9.17) is 16.3 Å². The first kappa shape index (κ1) is 15.6. The van der Waals surface area contributed by atoms with Crippen molar-refractivity contribution in [2.75, 3.05) is 13.2 Å². The van der Waals surface area contributed by atoms with Crippen molar-refractivity contribution in [2.24, 2.45) is 0 Å². The number of hydrogen-bond donors (Lipinski definition) is 1. The summed E-state index contributed by atoms with van der Waals surface area (Å²) in [5.74, 6) is 0.818. The van der Waals surface area contributed by atoms with Crippen molar-refractivity contribution >= 4 is 24.0 Å². The highest BCUT2D eigenvalue weighted by Crippen LogP contribution is 2.16. The minimum Gasteiger partial charge on any atom is -0.492 e. The largest absolute Gasteiger partial charge is 0.492 e. The molecule has 0 radical (unpaired) electrons. The number of hydrogen-bond acceptors (Lipinski definition) is 2. The lowest BCUT2D eigenvalue weighted by molar-refractivity contribution is 0.291. The van der Waals surface area contributed by atoms with Crippen molar-refractivity contribution in [2.45, 2.75) is 26.3 Å². The first-order chi connectivity index (χ1) is 6.97. The van der Waals surface area contributed by atoms with Gasteiger partial charge in [0, 0.05) is 17.1 Å². The Morgan fingerprint density at radius 1 is 1.31 bits per heavy atom. The summed E-state index contributed by atoms with van der Waals surface area (Å²) >= 11 is 5.83. The van der Waals surface area contributed by atoms with Crippen LogP contribution in [0.25, 0.3) is 0 Å².